The summed E-state index contributed by atoms with van der Waals surface area (Å²) in [4.78, 5) is 3.05. The second-order valence-electron chi connectivity index (χ2n) is 4.16. The first-order chi connectivity index (χ1) is 13.2. The van der Waals surface area contributed by atoms with Crippen LogP contribution in [-0.2, 0) is 0 Å². The molecule has 126 valence electrons. The van der Waals surface area contributed by atoms with E-state index in [1.54, 1.807) is 25.2 Å². The Morgan fingerprint density at radius 3 is 1.67 bits per heavy atom. The second-order valence-corrected chi connectivity index (χ2v) is 6.31. The maximum absolute atomic E-state index is 5.78. The van der Waals surface area contributed by atoms with E-state index in [1.807, 2.05) is 18.2 Å². The van der Waals surface area contributed by atoms with Crippen LogP contribution in [0.2, 0.25) is 5.02 Å². The standard InChI is InChI=1S/C16H6.C7H4ClNS2/c1-3-5-7-9-11-13-15-16-14-12-10-8-6-4-2;8-4-1-2-6-5(3-4)9-7(10)11-6/h1-2H3;1-3H,(H,9,10). The molecule has 0 aliphatic rings. The fourth-order valence-corrected chi connectivity index (χ4v) is 2.63. The van der Waals surface area contributed by atoms with Crippen molar-refractivity contribution in [2.24, 2.45) is 0 Å². The average Bonchev–Trinajstić information content (AvgIpc) is 3.02. The molecule has 1 N–H and O–H groups in total. The molecule has 0 radical (unpaired) electrons. The average molecular weight is 400 g/mol. The van der Waals surface area contributed by atoms with E-state index in [1.165, 1.54) is 0 Å². The van der Waals surface area contributed by atoms with Crippen molar-refractivity contribution in [3.63, 3.8) is 0 Å². The lowest BCUT2D eigenvalue weighted by Gasteiger charge is -1.87. The molecule has 0 fully saturated rings. The van der Waals surface area contributed by atoms with Gasteiger partial charge in [-0.1, -0.05) is 23.4 Å². The molecule has 0 atom stereocenters. The minimum atomic E-state index is 0.738. The van der Waals surface area contributed by atoms with Crippen LogP contribution in [0, 0.1) is 86.8 Å². The van der Waals surface area contributed by atoms with Gasteiger partial charge in [-0.2, -0.15) is 0 Å². The number of aromatic nitrogens is 1. The van der Waals surface area contributed by atoms with Crippen molar-refractivity contribution in [2.45, 2.75) is 13.8 Å². The van der Waals surface area contributed by atoms with Crippen LogP contribution in [0.15, 0.2) is 18.2 Å². The van der Waals surface area contributed by atoms with Crippen molar-refractivity contribution >= 4 is 45.4 Å². The molecule has 0 aliphatic carbocycles. The van der Waals surface area contributed by atoms with Gasteiger partial charge in [0.2, 0.25) is 0 Å². The zero-order valence-corrected chi connectivity index (χ0v) is 16.8. The molecule has 1 nitrogen and oxygen atoms in total. The van der Waals surface area contributed by atoms with Crippen LogP contribution in [-0.4, -0.2) is 4.98 Å². The lowest BCUT2D eigenvalue weighted by molar-refractivity contribution is 1.47. The van der Waals surface area contributed by atoms with E-state index in [4.69, 9.17) is 23.8 Å². The van der Waals surface area contributed by atoms with Gasteiger partial charge in [-0.15, -0.1) is 11.3 Å². The van der Waals surface area contributed by atoms with Gasteiger partial charge in [0.05, 0.1) is 10.2 Å². The molecule has 0 amide bonds. The van der Waals surface area contributed by atoms with Crippen LogP contribution in [0.3, 0.4) is 0 Å². The quantitative estimate of drug-likeness (QED) is 0.503. The summed E-state index contributed by atoms with van der Waals surface area (Å²) < 4.78 is 1.95. The first-order valence-corrected chi connectivity index (χ1v) is 8.89. The van der Waals surface area contributed by atoms with Gasteiger partial charge in [-0.3, -0.25) is 0 Å². The minimum Gasteiger partial charge on any atom is -0.337 e. The molecule has 0 unspecified atom stereocenters. The van der Waals surface area contributed by atoms with Crippen LogP contribution in [0.1, 0.15) is 13.8 Å². The van der Waals surface area contributed by atoms with Gasteiger partial charge in [0.1, 0.15) is 0 Å². The van der Waals surface area contributed by atoms with Gasteiger partial charge in [0.15, 0.2) is 3.95 Å². The van der Waals surface area contributed by atoms with Gasteiger partial charge in [-0.25, -0.2) is 0 Å². The van der Waals surface area contributed by atoms with Gasteiger partial charge >= 0.3 is 0 Å². The number of aromatic amines is 1. The Morgan fingerprint density at radius 2 is 1.22 bits per heavy atom. The summed E-state index contributed by atoms with van der Waals surface area (Å²) in [6.45, 7) is 3.42. The lowest BCUT2D eigenvalue weighted by atomic mass is 10.3. The van der Waals surface area contributed by atoms with Gasteiger partial charge in [0.25, 0.3) is 0 Å². The summed E-state index contributed by atoms with van der Waals surface area (Å²) in [6.07, 6.45) is 0. The fourth-order valence-electron chi connectivity index (χ4n) is 1.36. The van der Waals surface area contributed by atoms with E-state index in [2.05, 4.69) is 87.9 Å². The van der Waals surface area contributed by atoms with Crippen LogP contribution in [0.5, 0.6) is 0 Å². The molecule has 1 heterocycles. The number of rotatable bonds is 0. The number of thiazole rings is 1. The second kappa shape index (κ2) is 13.8. The summed E-state index contributed by atoms with van der Waals surface area (Å²) in [6, 6.07) is 5.71. The molecule has 0 bridgehead atoms. The number of hydrogen-bond acceptors (Lipinski definition) is 2. The molecule has 0 saturated heterocycles. The maximum Gasteiger partial charge on any atom is 0.159 e. The predicted molar refractivity (Wildman–Crippen MR) is 118 cm³/mol. The van der Waals surface area contributed by atoms with E-state index in [0.29, 0.717) is 0 Å². The third-order valence-electron chi connectivity index (χ3n) is 2.32. The van der Waals surface area contributed by atoms with Gasteiger partial charge < -0.3 is 4.98 Å². The Hall–Kier alpha value is -3.46. The third kappa shape index (κ3) is 10.2. The Balaban J connectivity index is 0.000000285. The molecule has 0 spiro atoms. The van der Waals surface area contributed by atoms with Gasteiger partial charge in [0, 0.05) is 5.02 Å². The van der Waals surface area contributed by atoms with Crippen LogP contribution >= 0.6 is 35.2 Å². The van der Waals surface area contributed by atoms with E-state index < -0.39 is 0 Å². The molecule has 4 heteroatoms. The molecule has 2 rings (SSSR count). The zero-order chi connectivity index (χ0) is 19.7. The predicted octanol–water partition coefficient (Wildman–Crippen LogP) is 4.66. The number of halogens is 1. The summed E-state index contributed by atoms with van der Waals surface area (Å²) >= 11 is 12.3. The van der Waals surface area contributed by atoms with Crippen molar-refractivity contribution in [2.75, 3.05) is 0 Å². The number of hydrogen-bond donors (Lipinski definition) is 1. The molecule has 27 heavy (non-hydrogen) atoms. The first-order valence-electron chi connectivity index (χ1n) is 7.29. The van der Waals surface area contributed by atoms with Crippen molar-refractivity contribution in [1.82, 2.24) is 4.98 Å². The van der Waals surface area contributed by atoms with Crippen molar-refractivity contribution < 1.29 is 0 Å². The summed E-state index contributed by atoms with van der Waals surface area (Å²) in [5.41, 5.74) is 1.02. The highest BCUT2D eigenvalue weighted by atomic mass is 35.5. The maximum atomic E-state index is 5.78. The molecular weight excluding hydrogens is 390 g/mol. The lowest BCUT2D eigenvalue weighted by Crippen LogP contribution is -1.65. The Morgan fingerprint density at radius 1 is 0.778 bits per heavy atom. The van der Waals surface area contributed by atoms with E-state index in [0.717, 1.165) is 19.2 Å². The Bertz CT molecular complexity index is 1250. The molecular formula is C23H10ClNS2. The fraction of sp³-hybridized carbons (Fsp3) is 0.0870. The largest absolute Gasteiger partial charge is 0.337 e. The van der Waals surface area contributed by atoms with Crippen LogP contribution < -0.4 is 0 Å². The van der Waals surface area contributed by atoms with E-state index in [9.17, 15) is 0 Å². The zero-order valence-electron chi connectivity index (χ0n) is 14.4. The molecule has 1 aromatic heterocycles. The van der Waals surface area contributed by atoms with Crippen LogP contribution in [0.4, 0.5) is 0 Å². The SMILES string of the molecule is CC#CC#CC#CC#CC#CC#CC#CC.S=c1[nH]c2cc(Cl)ccc2s1. The Labute approximate surface area is 173 Å². The molecule has 1 aromatic carbocycles. The summed E-state index contributed by atoms with van der Waals surface area (Å²) in [5, 5.41) is 0.738. The number of nitrogens with one attached hydrogen (secondary N) is 1. The topological polar surface area (TPSA) is 15.8 Å². The number of benzene rings is 1. The first kappa shape index (κ1) is 21.6. The number of H-pyrrole nitrogens is 1. The minimum absolute atomic E-state index is 0.738. The highest BCUT2D eigenvalue weighted by molar-refractivity contribution is 7.73. The normalized spacial score (nSPS) is 6.63. The smallest absolute Gasteiger partial charge is 0.159 e. The third-order valence-corrected chi connectivity index (χ3v) is 3.77. The molecule has 2 aromatic rings. The van der Waals surface area contributed by atoms with E-state index >= 15 is 0 Å². The van der Waals surface area contributed by atoms with E-state index in [-0.39, 0.29) is 0 Å². The summed E-state index contributed by atoms with van der Waals surface area (Å²) in [7, 11) is 0. The monoisotopic (exact) mass is 399 g/mol. The Kier molecular flexibility index (Phi) is 11.0. The highest BCUT2D eigenvalue weighted by Gasteiger charge is 1.95. The highest BCUT2D eigenvalue weighted by Crippen LogP contribution is 2.22. The number of fused-ring (bicyclic) bond motifs is 1. The van der Waals surface area contributed by atoms with Gasteiger partial charge in [-0.05, 0) is 115 Å². The van der Waals surface area contributed by atoms with Crippen LogP contribution in [0.25, 0.3) is 10.2 Å². The summed E-state index contributed by atoms with van der Waals surface area (Å²) in [5.74, 6) is 35.6. The molecule has 0 aliphatic heterocycles. The molecule has 0 saturated carbocycles. The van der Waals surface area contributed by atoms with Crippen molar-refractivity contribution in [1.29, 1.82) is 0 Å². The van der Waals surface area contributed by atoms with Crippen molar-refractivity contribution in [3.05, 3.63) is 27.2 Å². The van der Waals surface area contributed by atoms with Crippen molar-refractivity contribution in [3.8, 4) is 82.9 Å².